The molecule has 0 radical (unpaired) electrons. The fraction of sp³-hybridized carbons (Fsp3) is 1.00. The van der Waals surface area contributed by atoms with Gasteiger partial charge in [-0.1, -0.05) is 55.9 Å². The van der Waals surface area contributed by atoms with Crippen LogP contribution in [0.2, 0.25) is 0 Å². The molecule has 18 heteroatoms. The molecule has 67 heavy (non-hydrogen) atoms. The Hall–Kier alpha value is -0.720. The standard InChI is InChI=1S/C48H80O18.CH4/c1-42(2,3)27-9-11-46(8,66-27)37-21(51)16-45(7)26-15-23(61-39-34(58)32(56)30(54)24(17-49)62-39)38-43(4,5)28(10-12-48(38)20-47(26,48)14-13-44(37,45)6)64-41-36(29(53)22(52)19-60-41)65-40-35(59)33(57)31(55)25(18-50)63-40;/h21-41,49-59H,9-20H2,1-8H3;1H4/t21-,22?,23-,24?,25?,26?,27?,28-,29?,30?,31?,32?,33?,34?,35?,36?,37?,38?,39?,40?,41?,44+,45-,46+,47?,48?;/m0./s1. The molecule has 11 N–H and O–H groups in total. The Kier molecular flexibility index (Phi) is 13.9. The third-order valence-corrected chi connectivity index (χ3v) is 19.9. The maximum absolute atomic E-state index is 12.4. The van der Waals surface area contributed by atoms with Gasteiger partial charge in [0.1, 0.15) is 67.1 Å². The molecule has 9 fully saturated rings. The molecule has 26 atom stereocenters. The summed E-state index contributed by atoms with van der Waals surface area (Å²) in [6, 6.07) is 0. The maximum Gasteiger partial charge on any atom is 0.187 e. The van der Waals surface area contributed by atoms with Crippen LogP contribution in [0.3, 0.4) is 0 Å². The highest BCUT2D eigenvalue weighted by Crippen LogP contribution is 2.89. The fourth-order valence-corrected chi connectivity index (χ4v) is 16.4. The van der Waals surface area contributed by atoms with E-state index in [1.807, 2.05) is 0 Å². The summed E-state index contributed by atoms with van der Waals surface area (Å²) in [4.78, 5) is 0. The lowest BCUT2D eigenvalue weighted by Crippen LogP contribution is -2.66. The predicted molar refractivity (Wildman–Crippen MR) is 236 cm³/mol. The third kappa shape index (κ3) is 7.78. The van der Waals surface area contributed by atoms with Crippen molar-refractivity contribution < 1.29 is 89.3 Å². The average molecular weight is 961 g/mol. The molecule has 9 aliphatic rings. The highest BCUT2D eigenvalue weighted by atomic mass is 16.8. The van der Waals surface area contributed by atoms with Gasteiger partial charge in [0.05, 0.1) is 49.8 Å². The van der Waals surface area contributed by atoms with Crippen LogP contribution in [-0.2, 0) is 33.2 Å². The van der Waals surface area contributed by atoms with Crippen molar-refractivity contribution >= 4 is 0 Å². The molecule has 388 valence electrons. The van der Waals surface area contributed by atoms with Gasteiger partial charge in [-0.25, -0.2) is 0 Å². The lowest BCUT2D eigenvalue weighted by atomic mass is 9.41. The predicted octanol–water partition coefficient (Wildman–Crippen LogP) is 0.460. The van der Waals surface area contributed by atoms with Gasteiger partial charge >= 0.3 is 0 Å². The van der Waals surface area contributed by atoms with E-state index in [4.69, 9.17) is 33.2 Å². The van der Waals surface area contributed by atoms with E-state index >= 15 is 0 Å². The Morgan fingerprint density at radius 2 is 1.19 bits per heavy atom. The number of hydrogen-bond donors (Lipinski definition) is 11. The molecular formula is C49H84O18. The Balaban J connectivity index is 0.00000608. The van der Waals surface area contributed by atoms with Gasteiger partial charge < -0.3 is 89.3 Å². The molecule has 4 saturated heterocycles. The summed E-state index contributed by atoms with van der Waals surface area (Å²) in [7, 11) is 0. The van der Waals surface area contributed by atoms with Crippen LogP contribution in [0.25, 0.3) is 0 Å². The van der Waals surface area contributed by atoms with Crippen LogP contribution < -0.4 is 0 Å². The zero-order chi connectivity index (χ0) is 48.1. The van der Waals surface area contributed by atoms with Gasteiger partial charge in [-0.3, -0.25) is 0 Å². The number of aliphatic hydroxyl groups is 11. The van der Waals surface area contributed by atoms with Crippen LogP contribution in [0.5, 0.6) is 0 Å². The second-order valence-corrected chi connectivity index (χ2v) is 24.6. The molecule has 20 unspecified atom stereocenters. The molecule has 0 bridgehead atoms. The van der Waals surface area contributed by atoms with Crippen molar-refractivity contribution in [2.45, 2.75) is 237 Å². The maximum atomic E-state index is 12.4. The van der Waals surface area contributed by atoms with Crippen LogP contribution in [0.4, 0.5) is 0 Å². The zero-order valence-corrected chi connectivity index (χ0v) is 39.9. The normalized spacial score (nSPS) is 57.1. The second-order valence-electron chi connectivity index (χ2n) is 24.6. The van der Waals surface area contributed by atoms with Crippen molar-refractivity contribution in [3.8, 4) is 0 Å². The SMILES string of the molecule is C.CC(C)(C)C1CC[C@](C)(C2[C@@H](O)C[C@@]3(C)C4C[C@H](OC5OC(CO)C(O)C(O)C5O)C5C(C)(C)[C@@H](OC6OCC(O)C(O)C6OC6OC(CO)C(O)C(O)C6O)CCC56CC46CC[C@]23C)O1. The minimum absolute atomic E-state index is 0. The topological polar surface area (TPSA) is 287 Å². The molecule has 4 aliphatic heterocycles. The molecule has 0 amide bonds. The molecule has 2 spiro atoms. The smallest absolute Gasteiger partial charge is 0.187 e. The van der Waals surface area contributed by atoms with Crippen LogP contribution in [0.15, 0.2) is 0 Å². The van der Waals surface area contributed by atoms with Crippen molar-refractivity contribution in [3.63, 3.8) is 0 Å². The van der Waals surface area contributed by atoms with Crippen LogP contribution in [0, 0.1) is 50.2 Å². The molecule has 0 aromatic carbocycles. The van der Waals surface area contributed by atoms with Crippen molar-refractivity contribution in [1.82, 2.24) is 0 Å². The first-order valence-electron chi connectivity index (χ1n) is 24.7. The van der Waals surface area contributed by atoms with Gasteiger partial charge in [-0.15, -0.1) is 0 Å². The third-order valence-electron chi connectivity index (χ3n) is 19.9. The summed E-state index contributed by atoms with van der Waals surface area (Å²) in [6.07, 6.45) is -16.1. The first-order chi connectivity index (χ1) is 30.7. The summed E-state index contributed by atoms with van der Waals surface area (Å²) in [5.74, 6) is -0.296. The Morgan fingerprint density at radius 1 is 0.597 bits per heavy atom. The van der Waals surface area contributed by atoms with Crippen LogP contribution in [-0.4, -0.2) is 192 Å². The monoisotopic (exact) mass is 961 g/mol. The van der Waals surface area contributed by atoms with E-state index in [9.17, 15) is 56.2 Å². The summed E-state index contributed by atoms with van der Waals surface area (Å²) < 4.78 is 44.6. The van der Waals surface area contributed by atoms with E-state index in [0.29, 0.717) is 25.7 Å². The molecule has 18 nitrogen and oxygen atoms in total. The van der Waals surface area contributed by atoms with E-state index in [1.165, 1.54) is 0 Å². The number of rotatable bonds is 9. The summed E-state index contributed by atoms with van der Waals surface area (Å²) in [5.41, 5.74) is -2.38. The fourth-order valence-electron chi connectivity index (χ4n) is 16.4. The summed E-state index contributed by atoms with van der Waals surface area (Å²) >= 11 is 0. The minimum atomic E-state index is -1.79. The lowest BCUT2D eigenvalue weighted by Gasteiger charge is -2.65. The van der Waals surface area contributed by atoms with Gasteiger partial charge in [-0.05, 0) is 109 Å². The van der Waals surface area contributed by atoms with E-state index < -0.39 is 129 Å². The van der Waals surface area contributed by atoms with E-state index in [2.05, 4.69) is 55.4 Å². The first-order valence-corrected chi connectivity index (χ1v) is 24.7. The van der Waals surface area contributed by atoms with Gasteiger partial charge in [0.25, 0.3) is 0 Å². The van der Waals surface area contributed by atoms with Crippen molar-refractivity contribution in [3.05, 3.63) is 0 Å². The molecule has 9 rings (SSSR count). The average Bonchev–Trinajstić information content (AvgIpc) is 3.62. The summed E-state index contributed by atoms with van der Waals surface area (Å²) in [6.45, 7) is 16.1. The molecule has 4 heterocycles. The molecule has 5 aliphatic carbocycles. The molecule has 0 aromatic rings. The number of ether oxygens (including phenoxy) is 7. The highest BCUT2D eigenvalue weighted by molar-refractivity contribution is 5.33. The minimum Gasteiger partial charge on any atom is -0.394 e. The Morgan fingerprint density at radius 3 is 1.76 bits per heavy atom. The van der Waals surface area contributed by atoms with Crippen LogP contribution >= 0.6 is 0 Å². The Labute approximate surface area is 395 Å². The van der Waals surface area contributed by atoms with E-state index in [1.54, 1.807) is 0 Å². The van der Waals surface area contributed by atoms with E-state index in [0.717, 1.165) is 32.1 Å². The van der Waals surface area contributed by atoms with Gasteiger partial charge in [-0.2, -0.15) is 0 Å². The van der Waals surface area contributed by atoms with E-state index in [-0.39, 0.29) is 65.0 Å². The molecule has 0 aromatic heterocycles. The molecule has 5 saturated carbocycles. The first kappa shape index (κ1) is 52.6. The van der Waals surface area contributed by atoms with Crippen molar-refractivity contribution in [2.24, 2.45) is 50.2 Å². The van der Waals surface area contributed by atoms with Gasteiger partial charge in [0.15, 0.2) is 18.9 Å². The number of fused-ring (bicyclic) bond motifs is 2. The lowest BCUT2D eigenvalue weighted by molar-refractivity contribution is -0.369. The largest absolute Gasteiger partial charge is 0.394 e. The number of aliphatic hydroxyl groups excluding tert-OH is 11. The number of hydrogen-bond acceptors (Lipinski definition) is 18. The van der Waals surface area contributed by atoms with Gasteiger partial charge in [0, 0.05) is 5.92 Å². The quantitative estimate of drug-likeness (QED) is 0.140. The zero-order valence-electron chi connectivity index (χ0n) is 39.9. The highest BCUT2D eigenvalue weighted by Gasteiger charge is 2.85. The van der Waals surface area contributed by atoms with Gasteiger partial charge in [0.2, 0.25) is 0 Å². The van der Waals surface area contributed by atoms with Crippen molar-refractivity contribution in [1.29, 1.82) is 0 Å². The van der Waals surface area contributed by atoms with Crippen LogP contribution in [0.1, 0.15) is 121 Å². The second kappa shape index (κ2) is 17.7. The van der Waals surface area contributed by atoms with Crippen molar-refractivity contribution in [2.75, 3.05) is 19.8 Å². The molecular weight excluding hydrogens is 877 g/mol. The summed E-state index contributed by atoms with van der Waals surface area (Å²) in [5, 5.41) is 119. The Bertz CT molecular complexity index is 1760.